The lowest BCUT2D eigenvalue weighted by Crippen LogP contribution is -2.19. The summed E-state index contributed by atoms with van der Waals surface area (Å²) in [6.07, 6.45) is 3.30. The third-order valence-electron chi connectivity index (χ3n) is 3.98. The fraction of sp³-hybridized carbons (Fsp3) is 0.474. The van der Waals surface area contributed by atoms with Crippen molar-refractivity contribution in [3.63, 3.8) is 0 Å². The Morgan fingerprint density at radius 3 is 2.38 bits per heavy atom. The van der Waals surface area contributed by atoms with Crippen molar-refractivity contribution in [2.24, 2.45) is 5.92 Å². The molecule has 0 aliphatic rings. The van der Waals surface area contributed by atoms with Gasteiger partial charge in [0.25, 0.3) is 0 Å². The second kappa shape index (κ2) is 7.46. The first kappa shape index (κ1) is 15.8. The second-order valence-corrected chi connectivity index (χ2v) is 6.23. The predicted molar refractivity (Wildman–Crippen MR) is 90.3 cm³/mol. The molecule has 1 atom stereocenters. The molecule has 2 heteroatoms. The highest BCUT2D eigenvalue weighted by molar-refractivity contribution is 5.25. The second-order valence-electron chi connectivity index (χ2n) is 6.23. The number of hydrogen-bond donors (Lipinski definition) is 1. The van der Waals surface area contributed by atoms with Crippen molar-refractivity contribution in [1.82, 2.24) is 9.88 Å². The fourth-order valence-corrected chi connectivity index (χ4v) is 2.71. The van der Waals surface area contributed by atoms with E-state index in [0.29, 0.717) is 12.0 Å². The van der Waals surface area contributed by atoms with Crippen molar-refractivity contribution in [2.75, 3.05) is 0 Å². The molecule has 0 amide bonds. The number of benzene rings is 1. The van der Waals surface area contributed by atoms with Gasteiger partial charge in [0, 0.05) is 31.0 Å². The van der Waals surface area contributed by atoms with Gasteiger partial charge >= 0.3 is 0 Å². The summed E-state index contributed by atoms with van der Waals surface area (Å²) in [5.74, 6) is 0.716. The van der Waals surface area contributed by atoms with Crippen LogP contribution in [0.3, 0.4) is 0 Å². The molecule has 0 radical (unpaired) electrons. The van der Waals surface area contributed by atoms with E-state index in [2.05, 4.69) is 80.2 Å². The SMILES string of the molecule is CCn1cccc1CNC(C)c1ccc(CC(C)C)cc1. The first-order chi connectivity index (χ1) is 10.1. The van der Waals surface area contributed by atoms with Crippen LogP contribution in [0.4, 0.5) is 0 Å². The van der Waals surface area contributed by atoms with Crippen LogP contribution in [0.15, 0.2) is 42.6 Å². The van der Waals surface area contributed by atoms with Gasteiger partial charge in [-0.3, -0.25) is 0 Å². The van der Waals surface area contributed by atoms with Crippen molar-refractivity contribution in [3.8, 4) is 0 Å². The fourth-order valence-electron chi connectivity index (χ4n) is 2.71. The smallest absolute Gasteiger partial charge is 0.0364 e. The van der Waals surface area contributed by atoms with E-state index in [-0.39, 0.29) is 0 Å². The average molecular weight is 284 g/mol. The van der Waals surface area contributed by atoms with E-state index < -0.39 is 0 Å². The van der Waals surface area contributed by atoms with Crippen molar-refractivity contribution >= 4 is 0 Å². The molecule has 21 heavy (non-hydrogen) atoms. The first-order valence-electron chi connectivity index (χ1n) is 8.06. The molecular formula is C19H28N2. The van der Waals surface area contributed by atoms with Crippen molar-refractivity contribution in [3.05, 3.63) is 59.4 Å². The van der Waals surface area contributed by atoms with E-state index in [4.69, 9.17) is 0 Å². The molecule has 0 bridgehead atoms. The van der Waals surface area contributed by atoms with E-state index in [0.717, 1.165) is 19.5 Å². The zero-order valence-electron chi connectivity index (χ0n) is 13.8. The Kier molecular flexibility index (Phi) is 5.63. The maximum atomic E-state index is 3.62. The van der Waals surface area contributed by atoms with Crippen LogP contribution in [-0.2, 0) is 19.5 Å². The number of nitrogens with zero attached hydrogens (tertiary/aromatic N) is 1. The normalized spacial score (nSPS) is 12.8. The average Bonchev–Trinajstić information content (AvgIpc) is 2.92. The largest absolute Gasteiger partial charge is 0.351 e. The molecule has 1 aromatic carbocycles. The minimum Gasteiger partial charge on any atom is -0.351 e. The molecule has 114 valence electrons. The maximum absolute atomic E-state index is 3.62. The van der Waals surface area contributed by atoms with Gasteiger partial charge in [0.2, 0.25) is 0 Å². The Hall–Kier alpha value is -1.54. The van der Waals surface area contributed by atoms with Crippen LogP contribution in [0.2, 0.25) is 0 Å². The third-order valence-corrected chi connectivity index (χ3v) is 3.98. The van der Waals surface area contributed by atoms with Crippen LogP contribution in [0.5, 0.6) is 0 Å². The van der Waals surface area contributed by atoms with Crippen LogP contribution < -0.4 is 5.32 Å². The highest BCUT2D eigenvalue weighted by Crippen LogP contribution is 2.16. The summed E-state index contributed by atoms with van der Waals surface area (Å²) in [4.78, 5) is 0. The summed E-state index contributed by atoms with van der Waals surface area (Å²) >= 11 is 0. The summed E-state index contributed by atoms with van der Waals surface area (Å²) in [6, 6.07) is 13.7. The van der Waals surface area contributed by atoms with Gasteiger partial charge < -0.3 is 9.88 Å². The molecule has 2 rings (SSSR count). The Morgan fingerprint density at radius 1 is 1.05 bits per heavy atom. The molecule has 1 unspecified atom stereocenters. The van der Waals surface area contributed by atoms with Gasteiger partial charge in [0.05, 0.1) is 0 Å². The van der Waals surface area contributed by atoms with Gasteiger partial charge in [-0.2, -0.15) is 0 Å². The van der Waals surface area contributed by atoms with Gasteiger partial charge in [-0.15, -0.1) is 0 Å². The molecule has 0 saturated carbocycles. The molecule has 0 saturated heterocycles. The summed E-state index contributed by atoms with van der Waals surface area (Å²) in [6.45, 7) is 10.9. The Balaban J connectivity index is 1.92. The molecule has 1 aromatic heterocycles. The van der Waals surface area contributed by atoms with Crippen LogP contribution >= 0.6 is 0 Å². The van der Waals surface area contributed by atoms with Crippen LogP contribution in [0, 0.1) is 5.92 Å². The summed E-state index contributed by atoms with van der Waals surface area (Å²) in [7, 11) is 0. The quantitative estimate of drug-likeness (QED) is 0.789. The zero-order valence-corrected chi connectivity index (χ0v) is 13.8. The summed E-state index contributed by atoms with van der Waals surface area (Å²) < 4.78 is 2.28. The molecule has 0 spiro atoms. The van der Waals surface area contributed by atoms with E-state index in [1.54, 1.807) is 0 Å². The maximum Gasteiger partial charge on any atom is 0.0364 e. The number of nitrogens with one attached hydrogen (secondary N) is 1. The van der Waals surface area contributed by atoms with Gasteiger partial charge in [-0.25, -0.2) is 0 Å². The van der Waals surface area contributed by atoms with Crippen molar-refractivity contribution < 1.29 is 0 Å². The lowest BCUT2D eigenvalue weighted by molar-refractivity contribution is 0.549. The molecule has 1 heterocycles. The van der Waals surface area contributed by atoms with E-state index in [9.17, 15) is 0 Å². The number of hydrogen-bond acceptors (Lipinski definition) is 1. The monoisotopic (exact) mass is 284 g/mol. The van der Waals surface area contributed by atoms with Crippen LogP contribution in [-0.4, -0.2) is 4.57 Å². The Bertz CT molecular complexity index is 537. The van der Waals surface area contributed by atoms with E-state index >= 15 is 0 Å². The van der Waals surface area contributed by atoms with Crippen LogP contribution in [0.1, 0.15) is 50.6 Å². The van der Waals surface area contributed by atoms with E-state index in [1.165, 1.54) is 16.8 Å². The Morgan fingerprint density at radius 2 is 1.76 bits per heavy atom. The predicted octanol–water partition coefficient (Wildman–Crippen LogP) is 4.56. The Labute approximate surface area is 129 Å². The van der Waals surface area contributed by atoms with Gasteiger partial charge in [-0.05, 0) is 49.4 Å². The molecule has 1 N–H and O–H groups in total. The van der Waals surface area contributed by atoms with Gasteiger partial charge in [0.1, 0.15) is 0 Å². The minimum absolute atomic E-state index is 0.373. The number of aromatic nitrogens is 1. The highest BCUT2D eigenvalue weighted by Gasteiger charge is 2.07. The minimum atomic E-state index is 0.373. The lowest BCUT2D eigenvalue weighted by Gasteiger charge is -2.16. The summed E-state index contributed by atoms with van der Waals surface area (Å²) in [5, 5.41) is 3.62. The van der Waals surface area contributed by atoms with Crippen LogP contribution in [0.25, 0.3) is 0 Å². The zero-order chi connectivity index (χ0) is 15.2. The van der Waals surface area contributed by atoms with E-state index in [1.807, 2.05) is 0 Å². The molecule has 0 aliphatic carbocycles. The van der Waals surface area contributed by atoms with Crippen molar-refractivity contribution in [2.45, 2.75) is 53.2 Å². The summed E-state index contributed by atoms with van der Waals surface area (Å²) in [5.41, 5.74) is 4.14. The molecular weight excluding hydrogens is 256 g/mol. The molecule has 0 aliphatic heterocycles. The van der Waals surface area contributed by atoms with Gasteiger partial charge in [0.15, 0.2) is 0 Å². The molecule has 2 aromatic rings. The van der Waals surface area contributed by atoms with Gasteiger partial charge in [-0.1, -0.05) is 38.1 Å². The number of aryl methyl sites for hydroxylation is 1. The lowest BCUT2D eigenvalue weighted by atomic mass is 10.00. The topological polar surface area (TPSA) is 17.0 Å². The standard InChI is InChI=1S/C19H28N2/c1-5-21-12-6-7-19(21)14-20-16(4)18-10-8-17(9-11-18)13-15(2)3/h6-12,15-16,20H,5,13-14H2,1-4H3. The first-order valence-corrected chi connectivity index (χ1v) is 8.06. The van der Waals surface area contributed by atoms with Crippen molar-refractivity contribution in [1.29, 1.82) is 0 Å². The number of rotatable bonds is 7. The third kappa shape index (κ3) is 4.47. The molecule has 2 nitrogen and oxygen atoms in total. The highest BCUT2D eigenvalue weighted by atomic mass is 15.0. The molecule has 0 fully saturated rings.